The van der Waals surface area contributed by atoms with Crippen LogP contribution in [0.1, 0.15) is 15.9 Å². The zero-order valence-electron chi connectivity index (χ0n) is 13.0. The van der Waals surface area contributed by atoms with Crippen LogP contribution in [-0.2, 0) is 17.4 Å². The lowest BCUT2D eigenvalue weighted by molar-refractivity contribution is 0.0990. The predicted octanol–water partition coefficient (Wildman–Crippen LogP) is 2.91. The molecule has 0 fully saturated rings. The summed E-state index contributed by atoms with van der Waals surface area (Å²) in [6.45, 7) is 0.651. The number of carbonyl (C=O) groups is 1. The molecule has 1 aliphatic heterocycles. The Labute approximate surface area is 144 Å². The molecule has 1 aliphatic rings. The van der Waals surface area contributed by atoms with Crippen molar-refractivity contribution in [1.82, 2.24) is 0 Å². The molecule has 3 rings (SSSR count). The first-order valence-electron chi connectivity index (χ1n) is 7.29. The summed E-state index contributed by atoms with van der Waals surface area (Å²) in [4.78, 5) is 15.7. The van der Waals surface area contributed by atoms with Crippen LogP contribution >= 0.6 is 12.6 Å². The van der Waals surface area contributed by atoms with Crippen LogP contribution in [0, 0.1) is 0 Å². The SMILES string of the molecule is CN(c1ccccc1C(=O)N1CCc2cc(S)ccc21)S(C)=O. The van der Waals surface area contributed by atoms with E-state index < -0.39 is 11.0 Å². The average molecular weight is 346 g/mol. The molecule has 120 valence electrons. The highest BCUT2D eigenvalue weighted by Crippen LogP contribution is 2.32. The normalized spacial score (nSPS) is 14.5. The van der Waals surface area contributed by atoms with E-state index in [4.69, 9.17) is 0 Å². The minimum Gasteiger partial charge on any atom is -0.308 e. The van der Waals surface area contributed by atoms with E-state index in [1.807, 2.05) is 36.4 Å². The Morgan fingerprint density at radius 2 is 2.00 bits per heavy atom. The number of amides is 1. The fourth-order valence-corrected chi connectivity index (χ4v) is 3.48. The van der Waals surface area contributed by atoms with E-state index in [0.717, 1.165) is 22.6 Å². The van der Waals surface area contributed by atoms with Gasteiger partial charge in [0.2, 0.25) is 0 Å². The standard InChI is InChI=1S/C17H18N2O2S2/c1-18(23(2)21)16-6-4-3-5-14(16)17(20)19-10-9-12-11-13(22)7-8-15(12)19/h3-8,11,22H,9-10H2,1-2H3. The summed E-state index contributed by atoms with van der Waals surface area (Å²) in [5, 5.41) is 0. The van der Waals surface area contributed by atoms with Gasteiger partial charge in [0, 0.05) is 30.4 Å². The predicted molar refractivity (Wildman–Crippen MR) is 98.0 cm³/mol. The first kappa shape index (κ1) is 16.1. The van der Waals surface area contributed by atoms with Gasteiger partial charge in [0.05, 0.1) is 11.3 Å². The maximum Gasteiger partial charge on any atom is 0.260 e. The molecule has 0 aliphatic carbocycles. The van der Waals surface area contributed by atoms with Gasteiger partial charge in [-0.05, 0) is 42.3 Å². The van der Waals surface area contributed by atoms with Gasteiger partial charge >= 0.3 is 0 Å². The molecule has 2 aromatic rings. The molecule has 1 unspecified atom stereocenters. The van der Waals surface area contributed by atoms with Crippen LogP contribution in [0.15, 0.2) is 47.4 Å². The van der Waals surface area contributed by atoms with Crippen LogP contribution in [0.4, 0.5) is 11.4 Å². The molecule has 0 saturated heterocycles. The Hall–Kier alpha value is -1.79. The molecule has 4 nitrogen and oxygen atoms in total. The van der Waals surface area contributed by atoms with Crippen LogP contribution in [0.5, 0.6) is 0 Å². The van der Waals surface area contributed by atoms with Crippen LogP contribution in [0.2, 0.25) is 0 Å². The second kappa shape index (κ2) is 6.37. The summed E-state index contributed by atoms with van der Waals surface area (Å²) in [5.41, 5.74) is 3.31. The highest BCUT2D eigenvalue weighted by Gasteiger charge is 2.27. The van der Waals surface area contributed by atoms with Crippen molar-refractivity contribution in [3.8, 4) is 0 Å². The van der Waals surface area contributed by atoms with Crippen molar-refractivity contribution in [2.24, 2.45) is 0 Å². The maximum atomic E-state index is 13.0. The second-order valence-corrected chi connectivity index (χ2v) is 7.37. The number of hydrogen-bond acceptors (Lipinski definition) is 3. The van der Waals surface area contributed by atoms with Gasteiger partial charge in [-0.15, -0.1) is 12.6 Å². The van der Waals surface area contributed by atoms with E-state index >= 15 is 0 Å². The minimum atomic E-state index is -1.19. The number of nitrogens with zero attached hydrogens (tertiary/aromatic N) is 2. The topological polar surface area (TPSA) is 40.6 Å². The molecular formula is C17H18N2O2S2. The lowest BCUT2D eigenvalue weighted by Crippen LogP contribution is -2.31. The Morgan fingerprint density at radius 3 is 2.74 bits per heavy atom. The van der Waals surface area contributed by atoms with Gasteiger partial charge in [0.25, 0.3) is 5.91 Å². The molecule has 2 aromatic carbocycles. The monoisotopic (exact) mass is 346 g/mol. The van der Waals surface area contributed by atoms with Crippen molar-refractivity contribution < 1.29 is 9.00 Å². The quantitative estimate of drug-likeness (QED) is 0.868. The van der Waals surface area contributed by atoms with Crippen molar-refractivity contribution in [3.63, 3.8) is 0 Å². The molecular weight excluding hydrogens is 328 g/mol. The third-order valence-electron chi connectivity index (χ3n) is 4.06. The van der Waals surface area contributed by atoms with Gasteiger partial charge < -0.3 is 4.90 Å². The molecule has 23 heavy (non-hydrogen) atoms. The van der Waals surface area contributed by atoms with Crippen LogP contribution < -0.4 is 9.21 Å². The lowest BCUT2D eigenvalue weighted by Gasteiger charge is -2.23. The fourth-order valence-electron chi connectivity index (χ4n) is 2.81. The Kier molecular flexibility index (Phi) is 4.46. The molecule has 6 heteroatoms. The van der Waals surface area contributed by atoms with Crippen LogP contribution in [0.25, 0.3) is 0 Å². The molecule has 1 atom stereocenters. The first-order valence-corrected chi connectivity index (χ1v) is 9.25. The van der Waals surface area contributed by atoms with E-state index in [-0.39, 0.29) is 5.91 Å². The van der Waals surface area contributed by atoms with Gasteiger partial charge in [0.15, 0.2) is 0 Å². The minimum absolute atomic E-state index is 0.0661. The third-order valence-corrected chi connectivity index (χ3v) is 5.31. The molecule has 0 radical (unpaired) electrons. The molecule has 1 amide bonds. The molecule has 0 aromatic heterocycles. The van der Waals surface area contributed by atoms with E-state index in [1.165, 1.54) is 0 Å². The van der Waals surface area contributed by atoms with E-state index in [0.29, 0.717) is 17.8 Å². The zero-order chi connectivity index (χ0) is 16.6. The second-order valence-electron chi connectivity index (χ2n) is 5.46. The van der Waals surface area contributed by atoms with Crippen molar-refractivity contribution in [1.29, 1.82) is 0 Å². The number of benzene rings is 2. The van der Waals surface area contributed by atoms with Crippen molar-refractivity contribution in [2.75, 3.05) is 29.1 Å². The van der Waals surface area contributed by atoms with Gasteiger partial charge in [-0.2, -0.15) is 0 Å². The summed E-state index contributed by atoms with van der Waals surface area (Å²) in [5.74, 6) is -0.0661. The van der Waals surface area contributed by atoms with E-state index in [1.54, 1.807) is 28.6 Å². The maximum absolute atomic E-state index is 13.0. The van der Waals surface area contributed by atoms with Crippen molar-refractivity contribution >= 4 is 40.9 Å². The average Bonchev–Trinajstić information content (AvgIpc) is 2.96. The van der Waals surface area contributed by atoms with E-state index in [2.05, 4.69) is 12.6 Å². The van der Waals surface area contributed by atoms with Crippen LogP contribution in [-0.4, -0.2) is 30.0 Å². The van der Waals surface area contributed by atoms with Gasteiger partial charge in [-0.25, -0.2) is 4.21 Å². The van der Waals surface area contributed by atoms with Crippen LogP contribution in [0.3, 0.4) is 0 Å². The summed E-state index contributed by atoms with van der Waals surface area (Å²) < 4.78 is 13.4. The first-order chi connectivity index (χ1) is 11.0. The summed E-state index contributed by atoms with van der Waals surface area (Å²) >= 11 is 4.36. The third kappa shape index (κ3) is 3.01. The summed E-state index contributed by atoms with van der Waals surface area (Å²) in [7, 11) is 0.544. The molecule has 0 spiro atoms. The Morgan fingerprint density at radius 1 is 1.26 bits per heavy atom. The number of anilines is 2. The molecule has 1 heterocycles. The lowest BCUT2D eigenvalue weighted by atomic mass is 10.1. The van der Waals surface area contributed by atoms with Gasteiger partial charge in [-0.1, -0.05) is 12.1 Å². The number of thiol groups is 1. The summed E-state index contributed by atoms with van der Waals surface area (Å²) in [6, 6.07) is 13.1. The van der Waals surface area contributed by atoms with E-state index in [9.17, 15) is 9.00 Å². The number of para-hydroxylation sites is 1. The number of fused-ring (bicyclic) bond motifs is 1. The molecule has 0 saturated carbocycles. The van der Waals surface area contributed by atoms with Gasteiger partial charge in [0.1, 0.15) is 11.0 Å². The highest BCUT2D eigenvalue weighted by molar-refractivity contribution is 7.85. The Bertz CT molecular complexity index is 792. The van der Waals surface area contributed by atoms with Crippen molar-refractivity contribution in [3.05, 3.63) is 53.6 Å². The number of hydrogen-bond donors (Lipinski definition) is 1. The molecule has 0 N–H and O–H groups in total. The molecule has 0 bridgehead atoms. The Balaban J connectivity index is 1.99. The fraction of sp³-hybridized carbons (Fsp3) is 0.235. The van der Waals surface area contributed by atoms with Gasteiger partial charge in [-0.3, -0.25) is 9.10 Å². The smallest absolute Gasteiger partial charge is 0.260 e. The largest absolute Gasteiger partial charge is 0.308 e. The number of rotatable bonds is 3. The number of carbonyl (C=O) groups excluding carboxylic acids is 1. The highest BCUT2D eigenvalue weighted by atomic mass is 32.2. The zero-order valence-corrected chi connectivity index (χ0v) is 14.7. The summed E-state index contributed by atoms with van der Waals surface area (Å²) in [6.07, 6.45) is 2.42. The van der Waals surface area contributed by atoms with Crippen molar-refractivity contribution in [2.45, 2.75) is 11.3 Å².